The van der Waals surface area contributed by atoms with Crippen molar-refractivity contribution < 1.29 is 9.15 Å². The quantitative estimate of drug-likeness (QED) is 0.626. The molecule has 0 aliphatic rings. The third kappa shape index (κ3) is 3.65. The normalized spacial score (nSPS) is 12.1. The molecule has 0 aliphatic heterocycles. The van der Waals surface area contributed by atoms with Crippen molar-refractivity contribution in [3.05, 3.63) is 53.5 Å². The second-order valence-corrected chi connectivity index (χ2v) is 6.46. The number of benzene rings is 1. The summed E-state index contributed by atoms with van der Waals surface area (Å²) in [5.41, 5.74) is 0.845. The van der Waals surface area contributed by atoms with Crippen molar-refractivity contribution in [2.75, 3.05) is 7.11 Å². The van der Waals surface area contributed by atoms with Crippen molar-refractivity contribution in [1.82, 2.24) is 15.2 Å². The Kier molecular flexibility index (Phi) is 4.83. The van der Waals surface area contributed by atoms with Crippen molar-refractivity contribution in [3.8, 4) is 17.2 Å². The molecule has 7 heteroatoms. The molecule has 0 spiro atoms. The van der Waals surface area contributed by atoms with Gasteiger partial charge in [0.05, 0.1) is 17.4 Å². The predicted octanol–water partition coefficient (Wildman–Crippen LogP) is 4.65. The van der Waals surface area contributed by atoms with Gasteiger partial charge in [-0.25, -0.2) is 4.98 Å². The topological polar surface area (TPSA) is 61.0 Å². The summed E-state index contributed by atoms with van der Waals surface area (Å²) < 4.78 is 10.9. The lowest BCUT2D eigenvalue weighted by atomic mass is 10.2. The molecule has 0 aliphatic carbocycles. The number of nitrogens with zero attached hydrogens (tertiary/aromatic N) is 3. The minimum Gasteiger partial charge on any atom is -0.497 e. The lowest BCUT2D eigenvalue weighted by Crippen LogP contribution is -1.90. The van der Waals surface area contributed by atoms with E-state index in [9.17, 15) is 0 Å². The van der Waals surface area contributed by atoms with Gasteiger partial charge in [0, 0.05) is 11.8 Å². The zero-order valence-electron chi connectivity index (χ0n) is 12.6. The highest BCUT2D eigenvalue weighted by Crippen LogP contribution is 2.37. The van der Waals surface area contributed by atoms with E-state index in [4.69, 9.17) is 20.8 Å². The van der Waals surface area contributed by atoms with E-state index in [0.717, 1.165) is 16.3 Å². The minimum atomic E-state index is -0.0538. The molecule has 2 aromatic heterocycles. The van der Waals surface area contributed by atoms with Crippen LogP contribution < -0.4 is 4.74 Å². The highest BCUT2D eigenvalue weighted by atomic mass is 35.5. The molecule has 0 saturated carbocycles. The Morgan fingerprint density at radius 1 is 1.17 bits per heavy atom. The smallest absolute Gasteiger partial charge is 0.247 e. The molecule has 0 fully saturated rings. The Hall–Kier alpha value is -2.05. The molecule has 1 atom stereocenters. The minimum absolute atomic E-state index is 0.0538. The fraction of sp³-hybridized carbons (Fsp3) is 0.188. The molecule has 2 heterocycles. The maximum Gasteiger partial charge on any atom is 0.247 e. The molecule has 23 heavy (non-hydrogen) atoms. The van der Waals surface area contributed by atoms with Crippen molar-refractivity contribution >= 4 is 23.4 Å². The van der Waals surface area contributed by atoms with E-state index in [1.807, 2.05) is 31.2 Å². The monoisotopic (exact) mass is 347 g/mol. The maximum atomic E-state index is 6.12. The summed E-state index contributed by atoms with van der Waals surface area (Å²) in [6.07, 6.45) is 1.71. The molecule has 0 unspecified atom stereocenters. The van der Waals surface area contributed by atoms with Gasteiger partial charge in [-0.2, -0.15) is 0 Å². The van der Waals surface area contributed by atoms with Gasteiger partial charge in [0.2, 0.25) is 11.8 Å². The summed E-state index contributed by atoms with van der Waals surface area (Å²) in [5, 5.41) is 9.52. The van der Waals surface area contributed by atoms with E-state index < -0.39 is 0 Å². The molecule has 118 valence electrons. The molecule has 0 amide bonds. The van der Waals surface area contributed by atoms with Crippen LogP contribution in [0.5, 0.6) is 5.75 Å². The first-order valence-corrected chi connectivity index (χ1v) is 8.18. The number of pyridine rings is 1. The molecular weight excluding hydrogens is 334 g/mol. The zero-order chi connectivity index (χ0) is 16.2. The van der Waals surface area contributed by atoms with Crippen LogP contribution in [-0.4, -0.2) is 22.3 Å². The first kappa shape index (κ1) is 15.8. The van der Waals surface area contributed by atoms with E-state index in [1.165, 1.54) is 11.8 Å². The van der Waals surface area contributed by atoms with Crippen LogP contribution in [-0.2, 0) is 0 Å². The van der Waals surface area contributed by atoms with Gasteiger partial charge in [0.25, 0.3) is 0 Å². The molecule has 1 aromatic carbocycles. The fourth-order valence-corrected chi connectivity index (χ4v) is 3.01. The predicted molar refractivity (Wildman–Crippen MR) is 89.8 cm³/mol. The summed E-state index contributed by atoms with van der Waals surface area (Å²) in [6, 6.07) is 11.1. The van der Waals surface area contributed by atoms with E-state index in [1.54, 1.807) is 25.4 Å². The number of hydrogen-bond acceptors (Lipinski definition) is 6. The number of methoxy groups -OCH3 is 1. The molecule has 5 nitrogen and oxygen atoms in total. The van der Waals surface area contributed by atoms with Gasteiger partial charge >= 0.3 is 0 Å². The Morgan fingerprint density at radius 3 is 2.65 bits per heavy atom. The third-order valence-corrected chi connectivity index (χ3v) is 4.66. The van der Waals surface area contributed by atoms with Gasteiger partial charge in [-0.15, -0.1) is 10.2 Å². The molecule has 0 radical (unpaired) electrons. The van der Waals surface area contributed by atoms with Crippen LogP contribution >= 0.6 is 23.4 Å². The summed E-state index contributed by atoms with van der Waals surface area (Å²) >= 11 is 7.60. The number of hydrogen-bond donors (Lipinski definition) is 0. The highest BCUT2D eigenvalue weighted by Gasteiger charge is 2.18. The van der Waals surface area contributed by atoms with Crippen molar-refractivity contribution in [1.29, 1.82) is 0 Å². The zero-order valence-corrected chi connectivity index (χ0v) is 14.1. The van der Waals surface area contributed by atoms with Gasteiger partial charge in [-0.05, 0) is 43.3 Å². The van der Waals surface area contributed by atoms with Crippen molar-refractivity contribution in [2.45, 2.75) is 17.2 Å². The van der Waals surface area contributed by atoms with E-state index in [-0.39, 0.29) is 5.25 Å². The van der Waals surface area contributed by atoms with E-state index in [0.29, 0.717) is 16.8 Å². The van der Waals surface area contributed by atoms with Crippen molar-refractivity contribution in [2.24, 2.45) is 0 Å². The number of halogens is 1. The summed E-state index contributed by atoms with van der Waals surface area (Å²) in [7, 11) is 1.63. The van der Waals surface area contributed by atoms with Crippen LogP contribution in [0, 0.1) is 0 Å². The summed E-state index contributed by atoms with van der Waals surface area (Å²) in [4.78, 5) is 4.26. The van der Waals surface area contributed by atoms with E-state index in [2.05, 4.69) is 15.2 Å². The largest absolute Gasteiger partial charge is 0.497 e. The van der Waals surface area contributed by atoms with Crippen LogP contribution in [0.15, 0.2) is 52.0 Å². The van der Waals surface area contributed by atoms with Crippen LogP contribution in [0.4, 0.5) is 0 Å². The first-order valence-electron chi connectivity index (χ1n) is 6.92. The average Bonchev–Trinajstić information content (AvgIpc) is 3.07. The van der Waals surface area contributed by atoms with E-state index >= 15 is 0 Å². The van der Waals surface area contributed by atoms with Crippen LogP contribution in [0.2, 0.25) is 5.02 Å². The summed E-state index contributed by atoms with van der Waals surface area (Å²) in [6.45, 7) is 1.97. The Balaban J connectivity index is 1.76. The number of aromatic nitrogens is 3. The average molecular weight is 348 g/mol. The van der Waals surface area contributed by atoms with Crippen LogP contribution in [0.25, 0.3) is 11.5 Å². The Labute approximate surface area is 143 Å². The highest BCUT2D eigenvalue weighted by molar-refractivity contribution is 7.99. The summed E-state index contributed by atoms with van der Waals surface area (Å²) in [5.74, 6) is 1.78. The maximum absolute atomic E-state index is 6.12. The molecule has 3 rings (SSSR count). The molecule has 0 N–H and O–H groups in total. The Morgan fingerprint density at radius 2 is 1.96 bits per heavy atom. The lowest BCUT2D eigenvalue weighted by Gasteiger charge is -2.06. The second kappa shape index (κ2) is 7.02. The van der Waals surface area contributed by atoms with Crippen LogP contribution in [0.1, 0.15) is 18.1 Å². The Bertz CT molecular complexity index is 792. The van der Waals surface area contributed by atoms with Crippen molar-refractivity contribution in [3.63, 3.8) is 0 Å². The number of thioether (sulfide) groups is 1. The van der Waals surface area contributed by atoms with Gasteiger partial charge in [-0.1, -0.05) is 23.4 Å². The second-order valence-electron chi connectivity index (χ2n) is 4.72. The standard InChI is InChI=1S/C16H14ClN3O2S/c1-10(23-16-13(17)4-3-9-18-16)14-19-20-15(22-14)11-5-7-12(21-2)8-6-11/h3-10H,1-2H3/t10-/m0/s1. The molecule has 0 bridgehead atoms. The van der Waals surface area contributed by atoms with Gasteiger partial charge < -0.3 is 9.15 Å². The SMILES string of the molecule is COc1ccc(-c2nnc([C@H](C)Sc3ncccc3Cl)o2)cc1. The number of rotatable bonds is 5. The van der Waals surface area contributed by atoms with Gasteiger partial charge in [0.15, 0.2) is 0 Å². The fourth-order valence-electron chi connectivity index (χ4n) is 1.92. The van der Waals surface area contributed by atoms with Gasteiger partial charge in [-0.3, -0.25) is 0 Å². The lowest BCUT2D eigenvalue weighted by molar-refractivity contribution is 0.415. The van der Waals surface area contributed by atoms with Crippen LogP contribution in [0.3, 0.4) is 0 Å². The third-order valence-electron chi connectivity index (χ3n) is 3.14. The first-order chi connectivity index (χ1) is 11.2. The molecule has 0 saturated heterocycles. The molecule has 3 aromatic rings. The number of ether oxygens (including phenoxy) is 1. The molecular formula is C16H14ClN3O2S. The van der Waals surface area contributed by atoms with Gasteiger partial charge in [0.1, 0.15) is 10.8 Å².